The summed E-state index contributed by atoms with van der Waals surface area (Å²) in [7, 11) is 3.17. The van der Waals surface area contributed by atoms with Crippen LogP contribution in [0.4, 0.5) is 0 Å². The lowest BCUT2D eigenvalue weighted by Crippen LogP contribution is -2.06. The fourth-order valence-corrected chi connectivity index (χ4v) is 3.23. The molecule has 0 aliphatic carbocycles. The molecular formula is C22H17NO3. The van der Waals surface area contributed by atoms with Crippen molar-refractivity contribution in [2.45, 2.75) is 0 Å². The van der Waals surface area contributed by atoms with Gasteiger partial charge in [-0.05, 0) is 34.4 Å². The second-order valence-corrected chi connectivity index (χ2v) is 5.94. The summed E-state index contributed by atoms with van der Waals surface area (Å²) in [4.78, 5) is 17.7. The summed E-state index contributed by atoms with van der Waals surface area (Å²) in [6.07, 6.45) is 1.65. The van der Waals surface area contributed by atoms with E-state index in [0.29, 0.717) is 22.8 Å². The molecule has 0 amide bonds. The Balaban J connectivity index is 1.94. The smallest absolute Gasteiger partial charge is 0.212 e. The Bertz CT molecular complexity index is 1130. The van der Waals surface area contributed by atoms with Gasteiger partial charge < -0.3 is 9.47 Å². The number of hydrogen-bond donors (Lipinski definition) is 0. The zero-order valence-electron chi connectivity index (χ0n) is 14.5. The Morgan fingerprint density at radius 2 is 1.54 bits per heavy atom. The maximum absolute atomic E-state index is 13.3. The summed E-state index contributed by atoms with van der Waals surface area (Å²) in [5.74, 6) is 1.08. The zero-order chi connectivity index (χ0) is 18.1. The van der Waals surface area contributed by atoms with Gasteiger partial charge >= 0.3 is 0 Å². The van der Waals surface area contributed by atoms with Crippen molar-refractivity contribution in [1.82, 2.24) is 4.98 Å². The molecule has 0 saturated heterocycles. The first-order valence-corrected chi connectivity index (χ1v) is 8.26. The lowest BCUT2D eigenvalue weighted by atomic mass is 9.97. The molecule has 0 atom stereocenters. The van der Waals surface area contributed by atoms with Crippen LogP contribution in [0, 0.1) is 0 Å². The van der Waals surface area contributed by atoms with Crippen molar-refractivity contribution in [3.63, 3.8) is 0 Å². The number of ether oxygens (including phenoxy) is 2. The van der Waals surface area contributed by atoms with Crippen LogP contribution in [0.1, 0.15) is 16.1 Å². The SMILES string of the molecule is COc1cc2ccnc(C(=O)c3cccc4ccccc34)c2cc1OC. The van der Waals surface area contributed by atoms with Gasteiger partial charge in [0.25, 0.3) is 0 Å². The van der Waals surface area contributed by atoms with Crippen LogP contribution in [0.2, 0.25) is 0 Å². The minimum Gasteiger partial charge on any atom is -0.493 e. The summed E-state index contributed by atoms with van der Waals surface area (Å²) in [5.41, 5.74) is 1.04. The molecule has 0 N–H and O–H groups in total. The highest BCUT2D eigenvalue weighted by Gasteiger charge is 2.18. The van der Waals surface area contributed by atoms with Gasteiger partial charge in [0, 0.05) is 17.1 Å². The molecule has 0 aliphatic heterocycles. The van der Waals surface area contributed by atoms with Crippen LogP contribution in [-0.2, 0) is 0 Å². The summed E-state index contributed by atoms with van der Waals surface area (Å²) < 4.78 is 10.7. The Labute approximate surface area is 151 Å². The van der Waals surface area contributed by atoms with Gasteiger partial charge in [0.05, 0.1) is 14.2 Å². The minimum atomic E-state index is -0.111. The van der Waals surface area contributed by atoms with E-state index in [2.05, 4.69) is 4.98 Å². The number of nitrogens with zero attached hydrogens (tertiary/aromatic N) is 1. The molecule has 4 heteroatoms. The van der Waals surface area contributed by atoms with Gasteiger partial charge in [0.2, 0.25) is 5.78 Å². The Hall–Kier alpha value is -3.40. The van der Waals surface area contributed by atoms with Gasteiger partial charge in [-0.3, -0.25) is 9.78 Å². The highest BCUT2D eigenvalue weighted by molar-refractivity contribution is 6.20. The van der Waals surface area contributed by atoms with Gasteiger partial charge in [0.15, 0.2) is 11.5 Å². The average Bonchev–Trinajstić information content (AvgIpc) is 2.71. The number of methoxy groups -OCH3 is 2. The third-order valence-electron chi connectivity index (χ3n) is 4.52. The van der Waals surface area contributed by atoms with Crippen molar-refractivity contribution in [2.24, 2.45) is 0 Å². The van der Waals surface area contributed by atoms with Crippen LogP contribution in [-0.4, -0.2) is 25.0 Å². The molecule has 1 heterocycles. The number of aromatic nitrogens is 1. The van der Waals surface area contributed by atoms with Gasteiger partial charge in [-0.1, -0.05) is 42.5 Å². The third kappa shape index (κ3) is 2.56. The number of pyridine rings is 1. The fraction of sp³-hybridized carbons (Fsp3) is 0.0909. The topological polar surface area (TPSA) is 48.4 Å². The van der Waals surface area contributed by atoms with E-state index in [0.717, 1.165) is 21.5 Å². The predicted molar refractivity (Wildman–Crippen MR) is 102 cm³/mol. The number of benzene rings is 3. The molecule has 0 spiro atoms. The number of fused-ring (bicyclic) bond motifs is 2. The maximum atomic E-state index is 13.3. The zero-order valence-corrected chi connectivity index (χ0v) is 14.5. The number of carbonyl (C=O) groups excluding carboxylic acids is 1. The molecule has 26 heavy (non-hydrogen) atoms. The first-order valence-electron chi connectivity index (χ1n) is 8.26. The van der Waals surface area contributed by atoms with Crippen molar-refractivity contribution in [1.29, 1.82) is 0 Å². The van der Waals surface area contributed by atoms with Crippen molar-refractivity contribution in [3.8, 4) is 11.5 Å². The highest BCUT2D eigenvalue weighted by Crippen LogP contribution is 2.34. The van der Waals surface area contributed by atoms with Crippen LogP contribution in [0.3, 0.4) is 0 Å². The summed E-state index contributed by atoms with van der Waals surface area (Å²) >= 11 is 0. The molecule has 4 rings (SSSR count). The van der Waals surface area contributed by atoms with Crippen molar-refractivity contribution < 1.29 is 14.3 Å². The van der Waals surface area contributed by atoms with E-state index in [4.69, 9.17) is 9.47 Å². The minimum absolute atomic E-state index is 0.111. The number of ketones is 1. The molecule has 3 aromatic carbocycles. The molecule has 4 aromatic rings. The molecule has 0 fully saturated rings. The van der Waals surface area contributed by atoms with E-state index in [-0.39, 0.29) is 5.78 Å². The number of carbonyl (C=O) groups is 1. The van der Waals surface area contributed by atoms with Gasteiger partial charge in [-0.25, -0.2) is 0 Å². The second-order valence-electron chi connectivity index (χ2n) is 5.94. The standard InChI is InChI=1S/C22H17NO3/c1-25-19-12-15-10-11-23-21(18(15)13-20(19)26-2)22(24)17-9-5-7-14-6-3-4-8-16(14)17/h3-13H,1-2H3. The van der Waals surface area contributed by atoms with Crippen LogP contribution < -0.4 is 9.47 Å². The van der Waals surface area contributed by atoms with Gasteiger partial charge in [-0.15, -0.1) is 0 Å². The lowest BCUT2D eigenvalue weighted by molar-refractivity contribution is 0.103. The molecule has 0 bridgehead atoms. The van der Waals surface area contributed by atoms with Crippen LogP contribution in [0.25, 0.3) is 21.5 Å². The van der Waals surface area contributed by atoms with E-state index < -0.39 is 0 Å². The largest absolute Gasteiger partial charge is 0.493 e. The first-order chi connectivity index (χ1) is 12.7. The van der Waals surface area contributed by atoms with Gasteiger partial charge in [0.1, 0.15) is 5.69 Å². The average molecular weight is 343 g/mol. The quantitative estimate of drug-likeness (QED) is 0.507. The number of rotatable bonds is 4. The normalized spacial score (nSPS) is 10.8. The molecule has 0 radical (unpaired) electrons. The molecule has 4 nitrogen and oxygen atoms in total. The van der Waals surface area contributed by atoms with E-state index >= 15 is 0 Å². The van der Waals surface area contributed by atoms with Gasteiger partial charge in [-0.2, -0.15) is 0 Å². The van der Waals surface area contributed by atoms with E-state index in [1.807, 2.05) is 54.6 Å². The number of hydrogen-bond acceptors (Lipinski definition) is 4. The Kier molecular flexibility index (Phi) is 4.01. The fourth-order valence-electron chi connectivity index (χ4n) is 3.23. The summed E-state index contributed by atoms with van der Waals surface area (Å²) in [6, 6.07) is 19.1. The van der Waals surface area contributed by atoms with Crippen molar-refractivity contribution in [3.05, 3.63) is 78.1 Å². The molecule has 0 saturated carbocycles. The van der Waals surface area contributed by atoms with E-state index in [1.54, 1.807) is 26.5 Å². The highest BCUT2D eigenvalue weighted by atomic mass is 16.5. The summed E-state index contributed by atoms with van der Waals surface area (Å²) in [6.45, 7) is 0. The molecule has 128 valence electrons. The Morgan fingerprint density at radius 1 is 0.808 bits per heavy atom. The van der Waals surface area contributed by atoms with Crippen molar-refractivity contribution in [2.75, 3.05) is 14.2 Å². The van der Waals surface area contributed by atoms with Crippen molar-refractivity contribution >= 4 is 27.3 Å². The first kappa shape index (κ1) is 16.1. The van der Waals surface area contributed by atoms with E-state index in [9.17, 15) is 4.79 Å². The Morgan fingerprint density at radius 3 is 2.35 bits per heavy atom. The maximum Gasteiger partial charge on any atom is 0.212 e. The lowest BCUT2D eigenvalue weighted by Gasteiger charge is -2.12. The molecule has 1 aromatic heterocycles. The van der Waals surface area contributed by atoms with E-state index in [1.165, 1.54) is 0 Å². The monoisotopic (exact) mass is 343 g/mol. The van der Waals surface area contributed by atoms with Crippen LogP contribution >= 0.6 is 0 Å². The third-order valence-corrected chi connectivity index (χ3v) is 4.52. The molecular weight excluding hydrogens is 326 g/mol. The molecule has 0 aliphatic rings. The summed E-state index contributed by atoms with van der Waals surface area (Å²) in [5, 5.41) is 3.56. The predicted octanol–water partition coefficient (Wildman–Crippen LogP) is 4.64. The van der Waals surface area contributed by atoms with Crippen LogP contribution in [0.15, 0.2) is 66.9 Å². The van der Waals surface area contributed by atoms with Crippen LogP contribution in [0.5, 0.6) is 11.5 Å². The molecule has 0 unspecified atom stereocenters. The second kappa shape index (κ2) is 6.48.